The summed E-state index contributed by atoms with van der Waals surface area (Å²) < 4.78 is 5.25. The molecule has 1 fully saturated rings. The van der Waals surface area contributed by atoms with Crippen LogP contribution in [0.25, 0.3) is 0 Å². The lowest BCUT2D eigenvalue weighted by molar-refractivity contribution is -0.149. The van der Waals surface area contributed by atoms with Gasteiger partial charge in [0.2, 0.25) is 5.91 Å². The number of nitrogens with two attached hydrogens (primary N) is 1. The lowest BCUT2D eigenvalue weighted by Crippen LogP contribution is -2.58. The van der Waals surface area contributed by atoms with Gasteiger partial charge in [-0.25, -0.2) is 0 Å². The minimum atomic E-state index is -0.691. The monoisotopic (exact) mass is 350 g/mol. The Bertz CT molecular complexity index is 381. The van der Waals surface area contributed by atoms with Crippen LogP contribution in [0.5, 0.6) is 0 Å². The van der Waals surface area contributed by atoms with E-state index in [1.165, 1.54) is 0 Å². The summed E-state index contributed by atoms with van der Waals surface area (Å²) in [4.78, 5) is 23.0. The number of rotatable bonds is 7. The van der Waals surface area contributed by atoms with Crippen LogP contribution in [-0.2, 0) is 14.3 Å². The topological polar surface area (TPSA) is 102 Å². The van der Waals surface area contributed by atoms with Crippen LogP contribution in [0.3, 0.4) is 0 Å². The van der Waals surface area contributed by atoms with Gasteiger partial charge in [-0.1, -0.05) is 13.8 Å². The van der Waals surface area contributed by atoms with Crippen molar-refractivity contribution in [1.29, 1.82) is 0 Å². The van der Waals surface area contributed by atoms with Crippen LogP contribution in [0.2, 0.25) is 0 Å². The van der Waals surface area contributed by atoms with Crippen LogP contribution in [0.4, 0.5) is 0 Å². The number of carbonyl (C=O) groups is 2. The number of aliphatic hydroxyl groups excluding tert-OH is 1. The summed E-state index contributed by atoms with van der Waals surface area (Å²) in [7, 11) is 0. The number of hydrogen-bond donors (Lipinski definition) is 3. The van der Waals surface area contributed by atoms with E-state index >= 15 is 0 Å². The van der Waals surface area contributed by atoms with Crippen LogP contribution in [0.15, 0.2) is 0 Å². The highest BCUT2D eigenvalue weighted by Crippen LogP contribution is 2.28. The zero-order valence-electron chi connectivity index (χ0n) is 14.3. The van der Waals surface area contributed by atoms with Gasteiger partial charge in [0.25, 0.3) is 0 Å². The van der Waals surface area contributed by atoms with Crippen LogP contribution in [0.1, 0.15) is 59.3 Å². The number of hydrogen-bond acceptors (Lipinski definition) is 5. The third kappa shape index (κ3) is 7.06. The number of amides is 1. The lowest BCUT2D eigenvalue weighted by Gasteiger charge is -2.39. The van der Waals surface area contributed by atoms with Gasteiger partial charge >= 0.3 is 5.97 Å². The van der Waals surface area contributed by atoms with Crippen molar-refractivity contribution < 1.29 is 19.4 Å². The molecule has 1 rings (SSSR count). The van der Waals surface area contributed by atoms with E-state index in [0.717, 1.165) is 19.3 Å². The standard InChI is InChI=1S/C16H30N2O4.ClH/c1-4-6-13(19)18-12-8-7-11(16(21)15(12)17)9-10(3)22-14(20)5-2;/h10-12,15-16,21H,4-9,17H2,1-3H3,(H,18,19);1H. The Balaban J connectivity index is 0.00000484. The summed E-state index contributed by atoms with van der Waals surface area (Å²) in [5.41, 5.74) is 6.09. The molecule has 0 radical (unpaired) electrons. The average Bonchev–Trinajstić information content (AvgIpc) is 2.47. The highest BCUT2D eigenvalue weighted by Gasteiger charge is 2.37. The summed E-state index contributed by atoms with van der Waals surface area (Å²) in [5, 5.41) is 13.3. The van der Waals surface area contributed by atoms with Gasteiger partial charge in [0.15, 0.2) is 0 Å². The van der Waals surface area contributed by atoms with E-state index in [2.05, 4.69) is 5.32 Å². The molecule has 1 aliphatic rings. The lowest BCUT2D eigenvalue weighted by atomic mass is 9.77. The maximum absolute atomic E-state index is 11.7. The number of halogens is 1. The van der Waals surface area contributed by atoms with Gasteiger partial charge in [-0.05, 0) is 38.5 Å². The summed E-state index contributed by atoms with van der Waals surface area (Å²) in [6.45, 7) is 5.54. The molecule has 7 heteroatoms. The first-order valence-corrected chi connectivity index (χ1v) is 8.31. The molecule has 1 saturated carbocycles. The molecule has 0 aromatic heterocycles. The fourth-order valence-electron chi connectivity index (χ4n) is 3.02. The molecule has 0 saturated heterocycles. The van der Waals surface area contributed by atoms with E-state index in [1.807, 2.05) is 13.8 Å². The van der Waals surface area contributed by atoms with Gasteiger partial charge in [-0.2, -0.15) is 0 Å². The van der Waals surface area contributed by atoms with Gasteiger partial charge in [-0.15, -0.1) is 12.4 Å². The number of nitrogens with one attached hydrogen (secondary N) is 1. The van der Waals surface area contributed by atoms with Crippen LogP contribution < -0.4 is 11.1 Å². The molecule has 1 amide bonds. The fourth-order valence-corrected chi connectivity index (χ4v) is 3.02. The molecule has 1 aliphatic carbocycles. The second kappa shape index (κ2) is 10.8. The first kappa shape index (κ1) is 22.1. The summed E-state index contributed by atoms with van der Waals surface area (Å²) in [5.74, 6) is -0.250. The molecule has 6 nitrogen and oxygen atoms in total. The first-order chi connectivity index (χ1) is 10.4. The second-order valence-electron chi connectivity index (χ2n) is 6.22. The number of carbonyl (C=O) groups excluding carboxylic acids is 2. The molecule has 5 unspecified atom stereocenters. The molecule has 136 valence electrons. The Morgan fingerprint density at radius 3 is 2.57 bits per heavy atom. The highest BCUT2D eigenvalue weighted by molar-refractivity contribution is 5.85. The molecular formula is C16H31ClN2O4. The van der Waals surface area contributed by atoms with Gasteiger partial charge < -0.3 is 20.9 Å². The van der Waals surface area contributed by atoms with Crippen LogP contribution in [-0.4, -0.2) is 41.3 Å². The zero-order valence-corrected chi connectivity index (χ0v) is 15.1. The zero-order chi connectivity index (χ0) is 16.7. The van der Waals surface area contributed by atoms with Gasteiger partial charge in [0.1, 0.15) is 0 Å². The van der Waals surface area contributed by atoms with E-state index in [1.54, 1.807) is 6.92 Å². The van der Waals surface area contributed by atoms with Crippen molar-refractivity contribution in [2.45, 2.75) is 83.6 Å². The Morgan fingerprint density at radius 2 is 2.00 bits per heavy atom. The normalized spacial score (nSPS) is 28.4. The van der Waals surface area contributed by atoms with E-state index < -0.39 is 12.1 Å². The molecular weight excluding hydrogens is 320 g/mol. The van der Waals surface area contributed by atoms with E-state index in [9.17, 15) is 14.7 Å². The second-order valence-corrected chi connectivity index (χ2v) is 6.22. The summed E-state index contributed by atoms with van der Waals surface area (Å²) >= 11 is 0. The van der Waals surface area contributed by atoms with Crippen molar-refractivity contribution in [2.24, 2.45) is 11.7 Å². The Kier molecular flexibility index (Phi) is 10.4. The smallest absolute Gasteiger partial charge is 0.305 e. The first-order valence-electron chi connectivity index (χ1n) is 8.31. The van der Waals surface area contributed by atoms with Crippen LogP contribution >= 0.6 is 12.4 Å². The van der Waals surface area contributed by atoms with Crippen molar-refractivity contribution in [3.63, 3.8) is 0 Å². The molecule has 0 bridgehead atoms. The third-order valence-corrected chi connectivity index (χ3v) is 4.27. The molecule has 0 spiro atoms. The minimum Gasteiger partial charge on any atom is -0.463 e. The molecule has 0 heterocycles. The van der Waals surface area contributed by atoms with Crippen molar-refractivity contribution in [2.75, 3.05) is 0 Å². The van der Waals surface area contributed by atoms with E-state index in [4.69, 9.17) is 10.5 Å². The van der Waals surface area contributed by atoms with Gasteiger partial charge in [0, 0.05) is 18.9 Å². The SMILES string of the molecule is CCCC(=O)NC1CCC(CC(C)OC(=O)CC)C(O)C1N.Cl. The maximum Gasteiger partial charge on any atom is 0.305 e. The Labute approximate surface area is 144 Å². The quantitative estimate of drug-likeness (QED) is 0.604. The fraction of sp³-hybridized carbons (Fsp3) is 0.875. The number of aliphatic hydroxyl groups is 1. The van der Waals surface area contributed by atoms with Crippen molar-refractivity contribution in [3.05, 3.63) is 0 Å². The molecule has 0 aliphatic heterocycles. The van der Waals surface area contributed by atoms with Crippen LogP contribution in [0, 0.1) is 5.92 Å². The predicted octanol–water partition coefficient (Wildman–Crippen LogP) is 1.52. The average molecular weight is 351 g/mol. The summed E-state index contributed by atoms with van der Waals surface area (Å²) in [6.07, 6.45) is 2.80. The maximum atomic E-state index is 11.7. The summed E-state index contributed by atoms with van der Waals surface area (Å²) in [6, 6.07) is -0.660. The van der Waals surface area contributed by atoms with E-state index in [0.29, 0.717) is 19.3 Å². The van der Waals surface area contributed by atoms with Crippen molar-refractivity contribution in [1.82, 2.24) is 5.32 Å². The number of ether oxygens (including phenoxy) is 1. The molecule has 23 heavy (non-hydrogen) atoms. The number of esters is 1. The Hall–Kier alpha value is -0.850. The van der Waals surface area contributed by atoms with Gasteiger partial charge in [-0.3, -0.25) is 9.59 Å². The third-order valence-electron chi connectivity index (χ3n) is 4.27. The molecule has 0 aromatic carbocycles. The molecule has 4 N–H and O–H groups in total. The molecule has 0 aromatic rings. The van der Waals surface area contributed by atoms with Crippen molar-refractivity contribution >= 4 is 24.3 Å². The molecule has 5 atom stereocenters. The van der Waals surface area contributed by atoms with Crippen molar-refractivity contribution in [3.8, 4) is 0 Å². The predicted molar refractivity (Wildman–Crippen MR) is 91.3 cm³/mol. The van der Waals surface area contributed by atoms with E-state index in [-0.39, 0.29) is 42.3 Å². The Morgan fingerprint density at radius 1 is 1.35 bits per heavy atom. The highest BCUT2D eigenvalue weighted by atomic mass is 35.5. The van der Waals surface area contributed by atoms with Gasteiger partial charge in [0.05, 0.1) is 18.2 Å². The largest absolute Gasteiger partial charge is 0.463 e. The minimum absolute atomic E-state index is 0.